The normalized spacial score (nSPS) is 13.3. The molecule has 3 N–H and O–H groups in total. The summed E-state index contributed by atoms with van der Waals surface area (Å²) in [4.78, 5) is 22.7. The number of halogens is 6. The smallest absolute Gasteiger partial charge is 0.416 e. The van der Waals surface area contributed by atoms with E-state index in [1.165, 1.54) is 0 Å². The van der Waals surface area contributed by atoms with E-state index < -0.39 is 53.6 Å². The number of alkyl halides is 6. The van der Waals surface area contributed by atoms with Crippen LogP contribution in [0.25, 0.3) is 0 Å². The van der Waals surface area contributed by atoms with Gasteiger partial charge < -0.3 is 10.4 Å². The summed E-state index contributed by atoms with van der Waals surface area (Å²) in [5.41, 5.74) is -3.82. The summed E-state index contributed by atoms with van der Waals surface area (Å²) >= 11 is 0. The van der Waals surface area contributed by atoms with Gasteiger partial charge in [-0.2, -0.15) is 26.3 Å². The standard InChI is InChI=1S/C15H16F6N2O3/c1-2-3-11(13(25)26)22-7-12(24)23-10-5-8(14(16,17)18)4-9(6-10)15(19,20)21/h4-6,11,22H,2-3,7H2,1H3,(H,23,24)(H,25,26). The summed E-state index contributed by atoms with van der Waals surface area (Å²) < 4.78 is 76.5. The Morgan fingerprint density at radius 2 is 1.54 bits per heavy atom. The van der Waals surface area contributed by atoms with Gasteiger partial charge in [0, 0.05) is 5.69 Å². The summed E-state index contributed by atoms with van der Waals surface area (Å²) in [5, 5.41) is 13.2. The molecule has 5 nitrogen and oxygen atoms in total. The Morgan fingerprint density at radius 1 is 1.04 bits per heavy atom. The van der Waals surface area contributed by atoms with E-state index in [0.717, 1.165) is 0 Å². The van der Waals surface area contributed by atoms with Crippen molar-refractivity contribution >= 4 is 17.6 Å². The van der Waals surface area contributed by atoms with Crippen LogP contribution >= 0.6 is 0 Å². The maximum atomic E-state index is 12.7. The molecule has 0 bridgehead atoms. The van der Waals surface area contributed by atoms with E-state index in [9.17, 15) is 35.9 Å². The van der Waals surface area contributed by atoms with Crippen molar-refractivity contribution in [1.82, 2.24) is 5.32 Å². The van der Waals surface area contributed by atoms with Gasteiger partial charge in [0.1, 0.15) is 6.04 Å². The van der Waals surface area contributed by atoms with E-state index >= 15 is 0 Å². The van der Waals surface area contributed by atoms with Crippen LogP contribution in [0.2, 0.25) is 0 Å². The molecular weight excluding hydrogens is 370 g/mol. The Kier molecular flexibility index (Phi) is 7.01. The molecule has 1 aromatic rings. The Labute approximate surface area is 144 Å². The molecule has 11 heteroatoms. The van der Waals surface area contributed by atoms with Crippen LogP contribution in [-0.2, 0) is 21.9 Å². The van der Waals surface area contributed by atoms with Crippen LogP contribution in [0.1, 0.15) is 30.9 Å². The number of nitrogens with one attached hydrogen (secondary N) is 2. The number of benzene rings is 1. The first-order valence-electron chi connectivity index (χ1n) is 7.40. The van der Waals surface area contributed by atoms with Gasteiger partial charge in [0.25, 0.3) is 0 Å². The van der Waals surface area contributed by atoms with E-state index in [1.807, 2.05) is 5.32 Å². The number of hydrogen-bond acceptors (Lipinski definition) is 3. The number of carboxylic acids is 1. The molecule has 0 spiro atoms. The lowest BCUT2D eigenvalue weighted by molar-refractivity contribution is -0.143. The van der Waals surface area contributed by atoms with E-state index in [1.54, 1.807) is 6.92 Å². The fourth-order valence-electron chi connectivity index (χ4n) is 2.05. The molecule has 0 heterocycles. The van der Waals surface area contributed by atoms with Gasteiger partial charge in [0.05, 0.1) is 17.7 Å². The first kappa shape index (κ1) is 21.7. The summed E-state index contributed by atoms with van der Waals surface area (Å²) in [6.45, 7) is 1.12. The maximum absolute atomic E-state index is 12.7. The van der Waals surface area contributed by atoms with Crippen LogP contribution in [0.3, 0.4) is 0 Å². The van der Waals surface area contributed by atoms with Crippen molar-refractivity contribution in [2.24, 2.45) is 0 Å². The SMILES string of the molecule is CCCC(NCC(=O)Nc1cc(C(F)(F)F)cc(C(F)(F)F)c1)C(=O)O. The van der Waals surface area contributed by atoms with Crippen LogP contribution < -0.4 is 10.6 Å². The topological polar surface area (TPSA) is 78.4 Å². The van der Waals surface area contributed by atoms with Gasteiger partial charge in [-0.15, -0.1) is 0 Å². The number of hydrogen-bond donors (Lipinski definition) is 3. The number of carbonyl (C=O) groups excluding carboxylic acids is 1. The average molecular weight is 386 g/mol. The van der Waals surface area contributed by atoms with Gasteiger partial charge in [-0.25, -0.2) is 0 Å². The minimum atomic E-state index is -5.03. The second kappa shape index (κ2) is 8.39. The van der Waals surface area contributed by atoms with Gasteiger partial charge in [-0.1, -0.05) is 13.3 Å². The Morgan fingerprint density at radius 3 is 1.92 bits per heavy atom. The maximum Gasteiger partial charge on any atom is 0.416 e. The lowest BCUT2D eigenvalue weighted by Crippen LogP contribution is -2.41. The van der Waals surface area contributed by atoms with Crippen molar-refractivity contribution < 1.29 is 41.0 Å². The summed E-state index contributed by atoms with van der Waals surface area (Å²) in [5.74, 6) is -2.20. The van der Waals surface area contributed by atoms with Crippen molar-refractivity contribution in [3.05, 3.63) is 29.3 Å². The molecule has 1 rings (SSSR count). The largest absolute Gasteiger partial charge is 0.480 e. The highest BCUT2D eigenvalue weighted by Gasteiger charge is 2.37. The molecule has 0 radical (unpaired) electrons. The zero-order valence-electron chi connectivity index (χ0n) is 13.5. The van der Waals surface area contributed by atoms with Gasteiger partial charge in [-0.3, -0.25) is 14.9 Å². The number of anilines is 1. The molecule has 0 saturated carbocycles. The minimum Gasteiger partial charge on any atom is -0.480 e. The number of carboxylic acid groups (broad SMARTS) is 1. The van der Waals surface area contributed by atoms with Crippen LogP contribution in [0.4, 0.5) is 32.0 Å². The van der Waals surface area contributed by atoms with Gasteiger partial charge in [0.2, 0.25) is 5.91 Å². The molecule has 1 aromatic carbocycles. The van der Waals surface area contributed by atoms with E-state index in [4.69, 9.17) is 5.11 Å². The average Bonchev–Trinajstić information content (AvgIpc) is 2.49. The van der Waals surface area contributed by atoms with Crippen LogP contribution in [0, 0.1) is 0 Å². The molecule has 26 heavy (non-hydrogen) atoms. The van der Waals surface area contributed by atoms with Gasteiger partial charge in [0.15, 0.2) is 0 Å². The van der Waals surface area contributed by atoms with Crippen LogP contribution in [0.15, 0.2) is 18.2 Å². The predicted molar refractivity (Wildman–Crippen MR) is 79.4 cm³/mol. The quantitative estimate of drug-likeness (QED) is 0.627. The number of carbonyl (C=O) groups is 2. The number of rotatable bonds is 7. The lowest BCUT2D eigenvalue weighted by atomic mass is 10.1. The fourth-order valence-corrected chi connectivity index (χ4v) is 2.05. The predicted octanol–water partition coefficient (Wildman–Crippen LogP) is 3.51. The molecule has 0 aliphatic rings. The second-order valence-electron chi connectivity index (χ2n) is 5.40. The third kappa shape index (κ3) is 6.54. The Hall–Kier alpha value is -2.30. The van der Waals surface area contributed by atoms with Crippen LogP contribution in [0.5, 0.6) is 0 Å². The van der Waals surface area contributed by atoms with Crippen molar-refractivity contribution in [2.75, 3.05) is 11.9 Å². The summed E-state index contributed by atoms with van der Waals surface area (Å²) in [6, 6.07) is -0.379. The molecule has 0 fully saturated rings. The molecule has 1 atom stereocenters. The minimum absolute atomic E-state index is 0.0599. The zero-order chi connectivity index (χ0) is 20.1. The van der Waals surface area contributed by atoms with E-state index in [0.29, 0.717) is 18.6 Å². The molecule has 0 aliphatic carbocycles. The molecule has 0 aromatic heterocycles. The van der Waals surface area contributed by atoms with Gasteiger partial charge >= 0.3 is 18.3 Å². The fraction of sp³-hybridized carbons (Fsp3) is 0.467. The van der Waals surface area contributed by atoms with Crippen molar-refractivity contribution in [3.63, 3.8) is 0 Å². The van der Waals surface area contributed by atoms with Crippen molar-refractivity contribution in [1.29, 1.82) is 0 Å². The highest BCUT2D eigenvalue weighted by Crippen LogP contribution is 2.37. The Balaban J connectivity index is 2.94. The molecular formula is C15H16F6N2O3. The lowest BCUT2D eigenvalue weighted by Gasteiger charge is -2.16. The zero-order valence-corrected chi connectivity index (χ0v) is 13.5. The third-order valence-corrected chi connectivity index (χ3v) is 3.26. The number of amides is 1. The second-order valence-corrected chi connectivity index (χ2v) is 5.40. The highest BCUT2D eigenvalue weighted by atomic mass is 19.4. The van der Waals surface area contributed by atoms with Gasteiger partial charge in [-0.05, 0) is 24.6 Å². The Bertz CT molecular complexity index is 626. The monoisotopic (exact) mass is 386 g/mol. The molecule has 1 unspecified atom stereocenters. The summed E-state index contributed by atoms with van der Waals surface area (Å²) in [6.07, 6.45) is -9.37. The summed E-state index contributed by atoms with van der Waals surface area (Å²) in [7, 11) is 0. The van der Waals surface area contributed by atoms with E-state index in [2.05, 4.69) is 5.32 Å². The molecule has 0 saturated heterocycles. The first-order chi connectivity index (χ1) is 11.8. The molecule has 0 aliphatic heterocycles. The highest BCUT2D eigenvalue weighted by molar-refractivity contribution is 5.92. The van der Waals surface area contributed by atoms with E-state index in [-0.39, 0.29) is 12.5 Å². The molecule has 146 valence electrons. The van der Waals surface area contributed by atoms with Crippen LogP contribution in [-0.4, -0.2) is 29.6 Å². The molecule has 1 amide bonds. The van der Waals surface area contributed by atoms with Crippen molar-refractivity contribution in [2.45, 2.75) is 38.2 Å². The van der Waals surface area contributed by atoms with Crippen molar-refractivity contribution in [3.8, 4) is 0 Å². The third-order valence-electron chi connectivity index (χ3n) is 3.26. The first-order valence-corrected chi connectivity index (χ1v) is 7.40. The number of aliphatic carboxylic acids is 1.